The zero-order valence-corrected chi connectivity index (χ0v) is 22.1. The number of nitrogens with zero attached hydrogens (tertiary/aromatic N) is 2. The zero-order chi connectivity index (χ0) is 23.7. The first-order valence-electron chi connectivity index (χ1n) is 10.6. The van der Waals surface area contributed by atoms with Crippen LogP contribution in [0.2, 0.25) is 0 Å². The molecular weight excluding hydrogens is 473 g/mol. The Morgan fingerprint density at radius 2 is 2.00 bits per heavy atom. The topological polar surface area (TPSA) is 111 Å². The van der Waals surface area contributed by atoms with Gasteiger partial charge in [-0.3, -0.25) is 4.79 Å². The Morgan fingerprint density at radius 1 is 1.26 bits per heavy atom. The summed E-state index contributed by atoms with van der Waals surface area (Å²) in [4.78, 5) is 42.3. The molecule has 2 atom stereocenters. The fourth-order valence-corrected chi connectivity index (χ4v) is 5.52. The maximum Gasteiger partial charge on any atom is 1.00 e. The Morgan fingerprint density at radius 3 is 2.65 bits per heavy atom. The summed E-state index contributed by atoms with van der Waals surface area (Å²) in [5.41, 5.74) is 1.74. The van der Waals surface area contributed by atoms with Crippen LogP contribution in [0.25, 0.3) is 22.3 Å². The molecule has 0 fully saturated rings. The van der Waals surface area contributed by atoms with E-state index in [4.69, 9.17) is 9.26 Å². The normalized spacial score (nSPS) is 18.6. The van der Waals surface area contributed by atoms with Crippen molar-refractivity contribution in [1.82, 2.24) is 9.55 Å². The van der Waals surface area contributed by atoms with Crippen LogP contribution in [0.5, 0.6) is 0 Å². The molecule has 0 saturated heterocycles. The van der Waals surface area contributed by atoms with Crippen LogP contribution in [-0.4, -0.2) is 15.5 Å². The number of hydrogen-bond acceptors (Lipinski definition) is 7. The number of halogens is 1. The van der Waals surface area contributed by atoms with E-state index < -0.39 is 25.4 Å². The standard InChI is InChI=1S/C23H20FN2O6P.Na/c1-4-12-13-6-11(3)17(24)8-18(13)25-20-14(12)9-26-19(20)7-16-15(21(26)27)10-31-22(28)23(16,5-2)32-33(29)30;/h6-8H,4-5,9-10H2,1-3H3;/q;+1/t23-;/m0./s1. The van der Waals surface area contributed by atoms with Crippen LogP contribution in [0.3, 0.4) is 0 Å². The van der Waals surface area contributed by atoms with E-state index in [1.165, 1.54) is 10.6 Å². The van der Waals surface area contributed by atoms with Crippen molar-refractivity contribution in [2.24, 2.45) is 0 Å². The number of rotatable bonds is 4. The minimum absolute atomic E-state index is 0. The molecule has 2 aliphatic heterocycles. The van der Waals surface area contributed by atoms with E-state index in [1.807, 2.05) is 6.92 Å². The van der Waals surface area contributed by atoms with Gasteiger partial charge in [0.15, 0.2) is 0 Å². The first-order chi connectivity index (χ1) is 15.7. The van der Waals surface area contributed by atoms with Crippen molar-refractivity contribution < 1.29 is 57.5 Å². The van der Waals surface area contributed by atoms with Crippen LogP contribution in [0.15, 0.2) is 23.0 Å². The molecule has 0 amide bonds. The molecule has 11 heteroatoms. The second-order valence-corrected chi connectivity index (χ2v) is 8.90. The molecule has 0 radical (unpaired) electrons. The summed E-state index contributed by atoms with van der Waals surface area (Å²) in [6.45, 7) is 5.25. The van der Waals surface area contributed by atoms with Crippen molar-refractivity contribution in [1.29, 1.82) is 0 Å². The maximum atomic E-state index is 14.3. The molecule has 1 aromatic carbocycles. The average molecular weight is 493 g/mol. The molecule has 0 spiro atoms. The third-order valence-electron chi connectivity index (χ3n) is 6.64. The number of esters is 1. The van der Waals surface area contributed by atoms with Gasteiger partial charge in [0.1, 0.15) is 12.4 Å². The number of carbonyl (C=O) groups excluding carboxylic acids is 1. The summed E-state index contributed by atoms with van der Waals surface area (Å²) in [7, 11) is -3.40. The molecule has 1 unspecified atom stereocenters. The minimum Gasteiger partial charge on any atom is -0.566 e. The molecule has 8 nitrogen and oxygen atoms in total. The first-order valence-corrected chi connectivity index (χ1v) is 11.7. The van der Waals surface area contributed by atoms with Gasteiger partial charge < -0.3 is 14.2 Å². The third kappa shape index (κ3) is 3.49. The Hall–Kier alpha value is -2.00. The number of fused-ring (bicyclic) bond motifs is 5. The number of hydrogen-bond donors (Lipinski definition) is 0. The number of aryl methyl sites for hydroxylation is 2. The number of cyclic esters (lactones) is 1. The van der Waals surface area contributed by atoms with E-state index in [-0.39, 0.29) is 66.1 Å². The van der Waals surface area contributed by atoms with E-state index in [9.17, 15) is 23.4 Å². The van der Waals surface area contributed by atoms with Crippen molar-refractivity contribution in [3.8, 4) is 11.4 Å². The fourth-order valence-electron chi connectivity index (χ4n) is 4.96. The predicted molar refractivity (Wildman–Crippen MR) is 115 cm³/mol. The average Bonchev–Trinajstić information content (AvgIpc) is 3.13. The molecule has 2 aromatic heterocycles. The van der Waals surface area contributed by atoms with Gasteiger partial charge in [0.25, 0.3) is 5.56 Å². The smallest absolute Gasteiger partial charge is 0.566 e. The molecular formula is C23H20FN2NaO6P+. The van der Waals surface area contributed by atoms with Gasteiger partial charge in [0, 0.05) is 22.6 Å². The van der Waals surface area contributed by atoms with Gasteiger partial charge in [0.2, 0.25) is 5.60 Å². The summed E-state index contributed by atoms with van der Waals surface area (Å²) in [6, 6.07) is 4.73. The summed E-state index contributed by atoms with van der Waals surface area (Å²) < 4.78 is 37.6. The van der Waals surface area contributed by atoms with Crippen molar-refractivity contribution in [3.63, 3.8) is 0 Å². The molecule has 4 heterocycles. The third-order valence-corrected chi connectivity index (χ3v) is 7.10. The van der Waals surface area contributed by atoms with Crippen LogP contribution >= 0.6 is 8.25 Å². The Kier molecular flexibility index (Phi) is 6.57. The van der Waals surface area contributed by atoms with Crippen molar-refractivity contribution in [3.05, 3.63) is 62.2 Å². The molecule has 34 heavy (non-hydrogen) atoms. The van der Waals surface area contributed by atoms with Gasteiger partial charge in [-0.1, -0.05) is 13.8 Å². The second-order valence-electron chi connectivity index (χ2n) is 8.27. The predicted octanol–water partition coefficient (Wildman–Crippen LogP) is 0.136. The van der Waals surface area contributed by atoms with E-state index in [2.05, 4.69) is 4.98 Å². The zero-order valence-electron chi connectivity index (χ0n) is 19.2. The van der Waals surface area contributed by atoms with Gasteiger partial charge in [-0.15, -0.1) is 4.52 Å². The summed E-state index contributed by atoms with van der Waals surface area (Å²) in [5, 5.41) is 0.828. The Labute approximate surface area is 217 Å². The molecule has 0 bridgehead atoms. The van der Waals surface area contributed by atoms with Gasteiger partial charge >= 0.3 is 43.8 Å². The molecule has 0 N–H and O–H groups in total. The van der Waals surface area contributed by atoms with Gasteiger partial charge in [-0.2, -0.15) is 0 Å². The number of benzene rings is 1. The summed E-state index contributed by atoms with van der Waals surface area (Å²) >= 11 is 0. The Balaban J connectivity index is 0.00000274. The molecule has 170 valence electrons. The quantitative estimate of drug-likeness (QED) is 0.226. The summed E-state index contributed by atoms with van der Waals surface area (Å²) in [5.74, 6) is -1.24. The van der Waals surface area contributed by atoms with Gasteiger partial charge in [-0.25, -0.2) is 14.2 Å². The SMILES string of the molecule is CCc1c2c(nc3cc(F)c(C)cc13)-c1cc3c(c(=O)n1C2)COC(=O)[C@@]3(CC)O[P+](=O)[O-].[Na+]. The Bertz CT molecular complexity index is 1460. The number of aromatic nitrogens is 2. The van der Waals surface area contributed by atoms with Crippen molar-refractivity contribution in [2.45, 2.75) is 52.4 Å². The maximum absolute atomic E-state index is 14.3. The molecule has 0 saturated carbocycles. The van der Waals surface area contributed by atoms with Gasteiger partial charge in [-0.05, 0) is 47.6 Å². The van der Waals surface area contributed by atoms with Crippen molar-refractivity contribution in [2.75, 3.05) is 0 Å². The van der Waals surface area contributed by atoms with E-state index >= 15 is 0 Å². The number of pyridine rings is 2. The van der Waals surface area contributed by atoms with Gasteiger partial charge in [0.05, 0.1) is 29.0 Å². The van der Waals surface area contributed by atoms with E-state index in [0.29, 0.717) is 28.9 Å². The van der Waals surface area contributed by atoms with Crippen LogP contribution in [0.4, 0.5) is 4.39 Å². The van der Waals surface area contributed by atoms with Crippen molar-refractivity contribution >= 4 is 25.1 Å². The largest absolute Gasteiger partial charge is 1.00 e. The summed E-state index contributed by atoms with van der Waals surface area (Å²) in [6.07, 6.45) is 0.600. The van der Waals surface area contributed by atoms with Crippen LogP contribution in [-0.2, 0) is 43.8 Å². The molecule has 0 aliphatic carbocycles. The number of ether oxygens (including phenoxy) is 1. The monoisotopic (exact) mass is 493 g/mol. The fraction of sp³-hybridized carbons (Fsp3) is 0.348. The minimum atomic E-state index is -3.40. The molecule has 2 aliphatic rings. The first kappa shape index (κ1) is 25.1. The van der Waals surface area contributed by atoms with E-state index in [0.717, 1.165) is 16.5 Å². The van der Waals surface area contributed by atoms with Crippen LogP contribution < -0.4 is 40.0 Å². The van der Waals surface area contributed by atoms with E-state index in [1.54, 1.807) is 26.0 Å². The van der Waals surface area contributed by atoms with Crippen LogP contribution in [0, 0.1) is 12.7 Å². The molecule has 5 rings (SSSR count). The number of carbonyl (C=O) groups is 1. The van der Waals surface area contributed by atoms with Crippen LogP contribution in [0.1, 0.15) is 48.1 Å². The molecule has 3 aromatic rings. The second kappa shape index (κ2) is 8.90.